The third-order valence-corrected chi connectivity index (χ3v) is 20.4. The van der Waals surface area contributed by atoms with E-state index in [9.17, 15) is 18.3 Å². The molecule has 20 heteroatoms. The van der Waals surface area contributed by atoms with Crippen LogP contribution >= 0.6 is 31.3 Å². The summed E-state index contributed by atoms with van der Waals surface area (Å²) in [7, 11) is -17.5. The Kier molecular flexibility index (Phi) is 22.3. The monoisotopic (exact) mass is 1370 g/mol. The van der Waals surface area contributed by atoms with Crippen molar-refractivity contribution >= 4 is 31.3 Å². The van der Waals surface area contributed by atoms with Gasteiger partial charge in [0.15, 0.2) is 0 Å². The second kappa shape index (κ2) is 30.2. The molecule has 16 nitrogen and oxygen atoms in total. The highest BCUT2D eigenvalue weighted by Crippen LogP contribution is 2.58. The Morgan fingerprint density at radius 1 is 0.167 bits per heavy atom. The summed E-state index contributed by atoms with van der Waals surface area (Å²) in [6.45, 7) is 29.6. The zero-order chi connectivity index (χ0) is 69.3. The lowest BCUT2D eigenvalue weighted by Gasteiger charge is -2.24. The first kappa shape index (κ1) is 71.0. The number of phosphoric acid groups is 4. The van der Waals surface area contributed by atoms with Crippen molar-refractivity contribution in [3.8, 4) is 69.0 Å². The molecule has 0 heterocycles. The summed E-state index contributed by atoms with van der Waals surface area (Å²) in [5.41, 5.74) is 12.1. The smallest absolute Gasteiger partial charge is 0.386 e. The summed E-state index contributed by atoms with van der Waals surface area (Å²) in [6.07, 6.45) is 0. The Balaban J connectivity index is 0.000000225. The van der Waals surface area contributed by atoms with Gasteiger partial charge in [-0.1, -0.05) is 158 Å². The van der Waals surface area contributed by atoms with E-state index < -0.39 is 31.3 Å². The van der Waals surface area contributed by atoms with E-state index in [1.165, 1.54) is 12.1 Å². The molecule has 0 saturated heterocycles. The number of phosphoric ester groups is 4. The molecule has 10 rings (SSSR count). The van der Waals surface area contributed by atoms with Gasteiger partial charge in [-0.25, -0.2) is 0 Å². The first-order chi connectivity index (χ1) is 45.5. The number of benzene rings is 10. The van der Waals surface area contributed by atoms with Crippen LogP contribution in [0.15, 0.2) is 194 Å². The highest BCUT2D eigenvalue weighted by atomic mass is 31.2. The largest absolute Gasteiger partial charge is 0.647 e. The van der Waals surface area contributed by atoms with E-state index >= 15 is 0 Å². The molecular weight excluding hydrogens is 1290 g/mol. The molecule has 0 unspecified atom stereocenters. The van der Waals surface area contributed by atoms with E-state index in [2.05, 4.69) is 0 Å². The predicted molar refractivity (Wildman–Crippen MR) is 378 cm³/mol. The molecular formula is C76H80O16P4. The Labute approximate surface area is 563 Å². The summed E-state index contributed by atoms with van der Waals surface area (Å²) in [6, 6.07) is 57.1. The molecule has 0 spiro atoms. The minimum atomic E-state index is -4.39. The fourth-order valence-corrected chi connectivity index (χ4v) is 16.4. The molecule has 0 aliphatic carbocycles. The second-order valence-electron chi connectivity index (χ2n) is 23.6. The molecule has 0 bridgehead atoms. The van der Waals surface area contributed by atoms with Crippen LogP contribution in [-0.4, -0.2) is 0 Å². The van der Waals surface area contributed by atoms with Gasteiger partial charge in [0, 0.05) is 12.1 Å². The van der Waals surface area contributed by atoms with Crippen LogP contribution in [0.1, 0.15) is 89.0 Å². The van der Waals surface area contributed by atoms with E-state index in [1.54, 1.807) is 36.4 Å². The van der Waals surface area contributed by atoms with Crippen molar-refractivity contribution in [2.24, 2.45) is 0 Å². The molecule has 0 atom stereocenters. The van der Waals surface area contributed by atoms with E-state index in [-0.39, 0.29) is 23.0 Å². The predicted octanol–water partition coefficient (Wildman–Crippen LogP) is 22.9. The molecule has 0 radical (unpaired) electrons. The van der Waals surface area contributed by atoms with Crippen LogP contribution in [0.2, 0.25) is 0 Å². The summed E-state index contributed by atoms with van der Waals surface area (Å²) in [5, 5.41) is 0. The lowest BCUT2D eigenvalue weighted by atomic mass is 10.1. The molecule has 10 aromatic rings. The number of rotatable bonds is 24. The third-order valence-electron chi connectivity index (χ3n) is 15.4. The van der Waals surface area contributed by atoms with Gasteiger partial charge in [0.1, 0.15) is 69.0 Å². The lowest BCUT2D eigenvalue weighted by Crippen LogP contribution is -2.11. The van der Waals surface area contributed by atoms with Gasteiger partial charge in [-0.05, 0) is 224 Å². The normalized spacial score (nSPS) is 11.5. The molecule has 0 aromatic heterocycles. The average Bonchev–Trinajstić information content (AvgIpc) is 0.813. The molecule has 0 aliphatic rings. The fraction of sp³-hybridized carbons (Fsp3) is 0.211. The fourth-order valence-electron chi connectivity index (χ4n) is 10.4. The van der Waals surface area contributed by atoms with Gasteiger partial charge in [-0.2, -0.15) is 18.3 Å². The van der Waals surface area contributed by atoms with E-state index in [0.717, 1.165) is 89.0 Å². The molecule has 10 aromatic carbocycles. The number of hydrogen-bond donors (Lipinski definition) is 0. The Morgan fingerprint density at radius 3 is 0.385 bits per heavy atom. The standard InChI is InChI=1S/2C38H40O8P2/c2*1-25-14-9-15-26(2)35(25)43-47(39,44-36-27(3)16-10-17-28(36)4)41-33-22-13-23-34(24-33)42-48(40,45-37-29(5)18-11-19-30(37)6)46-38-31(7)20-12-21-32(38)8/h2*9-24H,1-8H3. The van der Waals surface area contributed by atoms with E-state index in [1.807, 2.05) is 256 Å². The summed E-state index contributed by atoms with van der Waals surface area (Å²) in [5.74, 6) is 3.39. The first-order valence-electron chi connectivity index (χ1n) is 31.0. The van der Waals surface area contributed by atoms with Gasteiger partial charge < -0.3 is 54.3 Å². The van der Waals surface area contributed by atoms with Crippen LogP contribution in [-0.2, 0) is 18.3 Å². The van der Waals surface area contributed by atoms with Gasteiger partial charge in [0.25, 0.3) is 0 Å². The zero-order valence-electron chi connectivity index (χ0n) is 56.8. The quantitative estimate of drug-likeness (QED) is 0.0521. The van der Waals surface area contributed by atoms with Crippen LogP contribution in [0.4, 0.5) is 0 Å². The zero-order valence-corrected chi connectivity index (χ0v) is 60.4. The minimum absolute atomic E-state index is 0.0824. The molecule has 96 heavy (non-hydrogen) atoms. The Hall–Kier alpha value is -9.28. The van der Waals surface area contributed by atoms with Crippen LogP contribution < -0.4 is 54.3 Å². The maximum Gasteiger partial charge on any atom is 0.647 e. The molecule has 0 amide bonds. The SMILES string of the molecule is Cc1cccc(C)c1OP(=O)(Oc1cccc(OP(=O)(Oc2c(C)cccc2C)Oc2c(C)cccc2C)c1)Oc1c(C)cccc1C.Cc1cccc(C)c1OP(=O)(Oc1cccc(OP(=O)(Oc2c(C)cccc2C)Oc2c(C)cccc2C)c1)Oc1c(C)cccc1C. The van der Waals surface area contributed by atoms with Crippen LogP contribution in [0.3, 0.4) is 0 Å². The van der Waals surface area contributed by atoms with E-state index in [4.69, 9.17) is 54.3 Å². The van der Waals surface area contributed by atoms with Crippen molar-refractivity contribution in [2.45, 2.75) is 111 Å². The highest BCUT2D eigenvalue weighted by molar-refractivity contribution is 7.50. The molecule has 0 N–H and O–H groups in total. The van der Waals surface area contributed by atoms with Crippen molar-refractivity contribution in [1.82, 2.24) is 0 Å². The maximum atomic E-state index is 14.5. The van der Waals surface area contributed by atoms with Crippen LogP contribution in [0.25, 0.3) is 0 Å². The Morgan fingerprint density at radius 2 is 0.271 bits per heavy atom. The summed E-state index contributed by atoms with van der Waals surface area (Å²) in [4.78, 5) is 0. The molecule has 500 valence electrons. The van der Waals surface area contributed by atoms with Gasteiger partial charge in [0.2, 0.25) is 0 Å². The van der Waals surface area contributed by atoms with Gasteiger partial charge in [-0.3, -0.25) is 0 Å². The van der Waals surface area contributed by atoms with Crippen molar-refractivity contribution in [2.75, 3.05) is 0 Å². The summed E-state index contributed by atoms with van der Waals surface area (Å²) < 4.78 is 131. The van der Waals surface area contributed by atoms with Crippen molar-refractivity contribution in [1.29, 1.82) is 0 Å². The van der Waals surface area contributed by atoms with Crippen LogP contribution in [0.5, 0.6) is 69.0 Å². The molecule has 0 fully saturated rings. The Bertz CT molecular complexity index is 3730. The van der Waals surface area contributed by atoms with Gasteiger partial charge in [-0.15, -0.1) is 0 Å². The van der Waals surface area contributed by atoms with Crippen LogP contribution in [0, 0.1) is 111 Å². The van der Waals surface area contributed by atoms with Gasteiger partial charge in [0.05, 0.1) is 0 Å². The third kappa shape index (κ3) is 17.8. The minimum Gasteiger partial charge on any atom is -0.386 e. The van der Waals surface area contributed by atoms with Gasteiger partial charge >= 0.3 is 31.3 Å². The first-order valence-corrected chi connectivity index (χ1v) is 36.8. The number of hydrogen-bond acceptors (Lipinski definition) is 16. The van der Waals surface area contributed by atoms with Crippen molar-refractivity contribution < 1.29 is 72.5 Å². The number of para-hydroxylation sites is 8. The second-order valence-corrected chi connectivity index (χ2v) is 29.4. The molecule has 0 saturated carbocycles. The lowest BCUT2D eigenvalue weighted by molar-refractivity contribution is 0.289. The topological polar surface area (TPSA) is 179 Å². The average molecular weight is 1370 g/mol. The van der Waals surface area contributed by atoms with Crippen molar-refractivity contribution in [3.63, 3.8) is 0 Å². The summed E-state index contributed by atoms with van der Waals surface area (Å²) >= 11 is 0. The van der Waals surface area contributed by atoms with Crippen molar-refractivity contribution in [3.05, 3.63) is 283 Å². The van der Waals surface area contributed by atoms with E-state index in [0.29, 0.717) is 46.0 Å². The number of aryl methyl sites for hydroxylation is 16. The highest BCUT2D eigenvalue weighted by Gasteiger charge is 2.40. The molecule has 0 aliphatic heterocycles. The maximum absolute atomic E-state index is 14.5.